The van der Waals surface area contributed by atoms with Crippen LogP contribution in [0.2, 0.25) is 0 Å². The van der Waals surface area contributed by atoms with Crippen LogP contribution in [0.3, 0.4) is 0 Å². The molecule has 0 aliphatic rings. The summed E-state index contributed by atoms with van der Waals surface area (Å²) in [5, 5.41) is 14.5. The summed E-state index contributed by atoms with van der Waals surface area (Å²) in [6.45, 7) is 0. The van der Waals surface area contributed by atoms with Crippen molar-refractivity contribution in [1.29, 1.82) is 0 Å². The van der Waals surface area contributed by atoms with Gasteiger partial charge in [-0.2, -0.15) is 0 Å². The molecule has 5 heteroatoms. The standard InChI is InChI=1S/C24H19NO3Si/c26-25(27)20-11-10-12-21(19-20)28-29(22-13-4-1-5-14-22,23-15-6-2-7-16-23)24-17-8-3-9-18-24/h1-19H. The summed E-state index contributed by atoms with van der Waals surface area (Å²) in [7, 11) is -2.94. The molecule has 0 saturated carbocycles. The fourth-order valence-electron chi connectivity index (χ4n) is 3.53. The third-order valence-corrected chi connectivity index (χ3v) is 8.82. The van der Waals surface area contributed by atoms with E-state index in [1.54, 1.807) is 12.1 Å². The summed E-state index contributed by atoms with van der Waals surface area (Å²) in [5.41, 5.74) is 0.0135. The number of benzene rings is 4. The van der Waals surface area contributed by atoms with Crippen molar-refractivity contribution < 1.29 is 9.35 Å². The first-order valence-corrected chi connectivity index (χ1v) is 11.2. The molecule has 142 valence electrons. The molecule has 0 aliphatic heterocycles. The molecule has 0 radical (unpaired) electrons. The molecule has 0 N–H and O–H groups in total. The van der Waals surface area contributed by atoms with E-state index in [-0.39, 0.29) is 5.69 Å². The fraction of sp³-hybridized carbons (Fsp3) is 0. The minimum atomic E-state index is -2.94. The zero-order valence-electron chi connectivity index (χ0n) is 15.6. The quantitative estimate of drug-likeness (QED) is 0.216. The van der Waals surface area contributed by atoms with E-state index in [2.05, 4.69) is 36.4 Å². The van der Waals surface area contributed by atoms with Crippen LogP contribution in [-0.4, -0.2) is 13.2 Å². The number of hydrogen-bond acceptors (Lipinski definition) is 3. The number of nitro groups is 1. The van der Waals surface area contributed by atoms with Gasteiger partial charge in [-0.05, 0) is 21.6 Å². The van der Waals surface area contributed by atoms with Crippen LogP contribution in [0.5, 0.6) is 5.75 Å². The largest absolute Gasteiger partial charge is 0.530 e. The lowest BCUT2D eigenvalue weighted by atomic mass is 10.3. The van der Waals surface area contributed by atoms with Crippen molar-refractivity contribution in [3.05, 3.63) is 125 Å². The second-order valence-electron chi connectivity index (χ2n) is 6.64. The second-order valence-corrected chi connectivity index (χ2v) is 9.93. The van der Waals surface area contributed by atoms with Gasteiger partial charge in [-0.15, -0.1) is 0 Å². The Balaban J connectivity index is 1.98. The highest BCUT2D eigenvalue weighted by atomic mass is 28.4. The van der Waals surface area contributed by atoms with Gasteiger partial charge in [0.1, 0.15) is 5.75 Å². The first kappa shape index (κ1) is 18.7. The van der Waals surface area contributed by atoms with Crippen molar-refractivity contribution in [2.75, 3.05) is 0 Å². The van der Waals surface area contributed by atoms with Crippen LogP contribution in [0.1, 0.15) is 0 Å². The molecule has 4 rings (SSSR count). The first-order valence-electron chi connectivity index (χ1n) is 9.30. The Morgan fingerprint density at radius 1 is 0.621 bits per heavy atom. The Labute approximate surface area is 170 Å². The zero-order chi connectivity index (χ0) is 20.1. The van der Waals surface area contributed by atoms with E-state index in [9.17, 15) is 10.1 Å². The van der Waals surface area contributed by atoms with E-state index in [0.717, 1.165) is 15.6 Å². The topological polar surface area (TPSA) is 52.4 Å². The predicted molar refractivity (Wildman–Crippen MR) is 118 cm³/mol. The number of rotatable bonds is 6. The number of nitrogens with zero attached hydrogens (tertiary/aromatic N) is 1. The van der Waals surface area contributed by atoms with Gasteiger partial charge in [-0.25, -0.2) is 0 Å². The van der Waals surface area contributed by atoms with E-state index in [1.807, 2.05) is 54.6 Å². The molecule has 29 heavy (non-hydrogen) atoms. The normalized spacial score (nSPS) is 11.0. The molecule has 0 bridgehead atoms. The Bertz CT molecular complexity index is 1010. The van der Waals surface area contributed by atoms with Gasteiger partial charge in [-0.3, -0.25) is 10.1 Å². The predicted octanol–water partition coefficient (Wildman–Crippen LogP) is 3.64. The van der Waals surface area contributed by atoms with Gasteiger partial charge in [0.15, 0.2) is 0 Å². The van der Waals surface area contributed by atoms with Crippen molar-refractivity contribution in [3.63, 3.8) is 0 Å². The van der Waals surface area contributed by atoms with Crippen molar-refractivity contribution in [2.24, 2.45) is 0 Å². The van der Waals surface area contributed by atoms with Crippen LogP contribution in [0, 0.1) is 10.1 Å². The second kappa shape index (κ2) is 8.12. The molecule has 0 atom stereocenters. The van der Waals surface area contributed by atoms with Crippen LogP contribution in [0.15, 0.2) is 115 Å². The van der Waals surface area contributed by atoms with Crippen molar-refractivity contribution in [1.82, 2.24) is 0 Å². The van der Waals surface area contributed by atoms with E-state index in [4.69, 9.17) is 4.43 Å². The summed E-state index contributed by atoms with van der Waals surface area (Å²) < 4.78 is 6.79. The Morgan fingerprint density at radius 3 is 1.48 bits per heavy atom. The first-order chi connectivity index (χ1) is 14.2. The average Bonchev–Trinajstić information content (AvgIpc) is 2.79. The van der Waals surface area contributed by atoms with Gasteiger partial charge in [-0.1, -0.05) is 97.1 Å². The smallest absolute Gasteiger partial charge is 0.346 e. The SMILES string of the molecule is O=[N+]([O-])c1cccc(O[Si](c2ccccc2)(c2ccccc2)c2ccccc2)c1. The molecule has 0 aliphatic carbocycles. The molecular formula is C24H19NO3Si. The van der Waals surface area contributed by atoms with Crippen molar-refractivity contribution in [3.8, 4) is 5.75 Å². The van der Waals surface area contributed by atoms with Crippen LogP contribution in [0.4, 0.5) is 5.69 Å². The zero-order valence-corrected chi connectivity index (χ0v) is 16.6. The Kier molecular flexibility index (Phi) is 5.22. The fourth-order valence-corrected chi connectivity index (χ4v) is 7.35. The Hall–Kier alpha value is -3.70. The highest BCUT2D eigenvalue weighted by molar-refractivity contribution is 7.07. The maximum Gasteiger partial charge on any atom is 0.346 e. The molecule has 0 aromatic heterocycles. The van der Waals surface area contributed by atoms with Gasteiger partial charge in [0.25, 0.3) is 5.69 Å². The summed E-state index contributed by atoms with van der Waals surface area (Å²) in [4.78, 5) is 10.9. The average molecular weight is 398 g/mol. The summed E-state index contributed by atoms with van der Waals surface area (Å²) >= 11 is 0. The summed E-state index contributed by atoms with van der Waals surface area (Å²) in [5.74, 6) is 0.488. The van der Waals surface area contributed by atoms with Crippen LogP contribution < -0.4 is 20.0 Å². The molecular weight excluding hydrogens is 378 g/mol. The minimum absolute atomic E-state index is 0.0135. The molecule has 0 fully saturated rings. The highest BCUT2D eigenvalue weighted by Crippen LogP contribution is 2.22. The monoisotopic (exact) mass is 397 g/mol. The van der Waals surface area contributed by atoms with E-state index in [0.29, 0.717) is 5.75 Å². The van der Waals surface area contributed by atoms with Gasteiger partial charge < -0.3 is 4.43 Å². The number of non-ortho nitro benzene ring substituents is 1. The molecule has 0 saturated heterocycles. The van der Waals surface area contributed by atoms with Gasteiger partial charge >= 0.3 is 8.32 Å². The van der Waals surface area contributed by atoms with Gasteiger partial charge in [0, 0.05) is 6.07 Å². The van der Waals surface area contributed by atoms with Crippen LogP contribution >= 0.6 is 0 Å². The maximum absolute atomic E-state index is 11.3. The van der Waals surface area contributed by atoms with E-state index in [1.165, 1.54) is 12.1 Å². The molecule has 4 nitrogen and oxygen atoms in total. The lowest BCUT2D eigenvalue weighted by molar-refractivity contribution is -0.384. The molecule has 0 heterocycles. The van der Waals surface area contributed by atoms with Gasteiger partial charge in [0.05, 0.1) is 11.0 Å². The molecule has 0 unspecified atom stereocenters. The lowest BCUT2D eigenvalue weighted by Crippen LogP contribution is -2.71. The summed E-state index contributed by atoms with van der Waals surface area (Å²) in [6, 6.07) is 36.8. The minimum Gasteiger partial charge on any atom is -0.530 e. The molecule has 4 aromatic rings. The molecule has 0 spiro atoms. The summed E-state index contributed by atoms with van der Waals surface area (Å²) in [6.07, 6.45) is 0. The van der Waals surface area contributed by atoms with E-state index < -0.39 is 13.2 Å². The van der Waals surface area contributed by atoms with Crippen molar-refractivity contribution in [2.45, 2.75) is 0 Å². The van der Waals surface area contributed by atoms with Crippen molar-refractivity contribution >= 4 is 29.6 Å². The molecule has 4 aromatic carbocycles. The van der Waals surface area contributed by atoms with Crippen LogP contribution in [0.25, 0.3) is 0 Å². The van der Waals surface area contributed by atoms with Crippen LogP contribution in [-0.2, 0) is 0 Å². The lowest BCUT2D eigenvalue weighted by Gasteiger charge is -2.33. The third kappa shape index (κ3) is 3.68. The highest BCUT2D eigenvalue weighted by Gasteiger charge is 2.44. The number of nitro benzene ring substituents is 1. The maximum atomic E-state index is 11.3. The molecule has 0 amide bonds. The van der Waals surface area contributed by atoms with E-state index >= 15 is 0 Å². The number of hydrogen-bond donors (Lipinski definition) is 0. The van der Waals surface area contributed by atoms with Gasteiger partial charge in [0.2, 0.25) is 0 Å². The Morgan fingerprint density at radius 2 is 1.07 bits per heavy atom. The third-order valence-electron chi connectivity index (χ3n) is 4.84.